The molecule has 0 amide bonds. The molecule has 0 spiro atoms. The van der Waals surface area contributed by atoms with Crippen molar-refractivity contribution in [2.24, 2.45) is 5.92 Å². The number of hydrogen-bond acceptors (Lipinski definition) is 2. The fourth-order valence-corrected chi connectivity index (χ4v) is 2.30. The van der Waals surface area contributed by atoms with Gasteiger partial charge < -0.3 is 4.90 Å². The SMILES string of the molecule is CCCCCCCN1CCCC(C#N)C1. The Morgan fingerprint density at radius 1 is 1.27 bits per heavy atom. The molecule has 0 aromatic rings. The number of nitriles is 1. The first-order valence-corrected chi connectivity index (χ1v) is 6.48. The Hall–Kier alpha value is -0.550. The van der Waals surface area contributed by atoms with Gasteiger partial charge in [-0.2, -0.15) is 5.26 Å². The molecule has 0 saturated carbocycles. The molecule has 0 aromatic carbocycles. The molecule has 0 radical (unpaired) electrons. The van der Waals surface area contributed by atoms with Gasteiger partial charge in [-0.25, -0.2) is 0 Å². The van der Waals surface area contributed by atoms with E-state index >= 15 is 0 Å². The molecular formula is C13H24N2. The standard InChI is InChI=1S/C13H24N2/c1-2-3-4-5-6-9-15-10-7-8-13(11-14)12-15/h13H,2-10,12H2,1H3. The summed E-state index contributed by atoms with van der Waals surface area (Å²) in [5, 5.41) is 8.87. The number of rotatable bonds is 6. The number of nitrogens with zero attached hydrogens (tertiary/aromatic N) is 2. The van der Waals surface area contributed by atoms with E-state index in [-0.39, 0.29) is 0 Å². The molecule has 1 fully saturated rings. The molecule has 0 N–H and O–H groups in total. The molecule has 1 saturated heterocycles. The Morgan fingerprint density at radius 2 is 2.07 bits per heavy atom. The molecule has 1 aliphatic rings. The zero-order chi connectivity index (χ0) is 10.9. The lowest BCUT2D eigenvalue weighted by atomic mass is 9.99. The van der Waals surface area contributed by atoms with Crippen molar-refractivity contribution in [3.8, 4) is 6.07 Å². The normalized spacial score (nSPS) is 22.5. The Labute approximate surface area is 94.3 Å². The van der Waals surface area contributed by atoms with E-state index in [2.05, 4.69) is 17.9 Å². The van der Waals surface area contributed by atoms with Gasteiger partial charge in [-0.3, -0.25) is 0 Å². The van der Waals surface area contributed by atoms with Gasteiger partial charge in [0.25, 0.3) is 0 Å². The van der Waals surface area contributed by atoms with Crippen LogP contribution < -0.4 is 0 Å². The van der Waals surface area contributed by atoms with E-state index in [9.17, 15) is 0 Å². The average molecular weight is 208 g/mol. The van der Waals surface area contributed by atoms with Gasteiger partial charge in [-0.1, -0.05) is 32.6 Å². The molecule has 86 valence electrons. The van der Waals surface area contributed by atoms with Crippen LogP contribution in [0.15, 0.2) is 0 Å². The lowest BCUT2D eigenvalue weighted by Gasteiger charge is -2.29. The van der Waals surface area contributed by atoms with Crippen LogP contribution >= 0.6 is 0 Å². The molecule has 2 heteroatoms. The van der Waals surface area contributed by atoms with Gasteiger partial charge in [0, 0.05) is 6.54 Å². The molecule has 0 aliphatic carbocycles. The molecule has 15 heavy (non-hydrogen) atoms. The van der Waals surface area contributed by atoms with E-state index in [1.54, 1.807) is 0 Å². The van der Waals surface area contributed by atoms with Crippen molar-refractivity contribution in [1.82, 2.24) is 4.90 Å². The van der Waals surface area contributed by atoms with E-state index in [1.165, 1.54) is 51.6 Å². The Balaban J connectivity index is 2.03. The van der Waals surface area contributed by atoms with Crippen LogP contribution in [0.1, 0.15) is 51.9 Å². The lowest BCUT2D eigenvalue weighted by molar-refractivity contribution is 0.196. The fourth-order valence-electron chi connectivity index (χ4n) is 2.30. The molecule has 1 atom stereocenters. The first kappa shape index (κ1) is 12.5. The minimum absolute atomic E-state index is 0.300. The molecule has 2 nitrogen and oxygen atoms in total. The smallest absolute Gasteiger partial charge is 0.0669 e. The molecule has 1 unspecified atom stereocenters. The van der Waals surface area contributed by atoms with Gasteiger partial charge in [0.05, 0.1) is 12.0 Å². The van der Waals surface area contributed by atoms with Crippen LogP contribution in [-0.2, 0) is 0 Å². The first-order chi connectivity index (χ1) is 7.36. The summed E-state index contributed by atoms with van der Waals surface area (Å²) in [6.45, 7) is 5.69. The van der Waals surface area contributed by atoms with Crippen LogP contribution in [0.2, 0.25) is 0 Å². The quantitative estimate of drug-likeness (QED) is 0.627. The van der Waals surface area contributed by atoms with Gasteiger partial charge in [-0.15, -0.1) is 0 Å². The third kappa shape index (κ3) is 5.18. The summed E-state index contributed by atoms with van der Waals surface area (Å²) in [5.41, 5.74) is 0. The molecule has 1 heterocycles. The third-order valence-electron chi connectivity index (χ3n) is 3.27. The summed E-state index contributed by atoms with van der Waals surface area (Å²) in [4.78, 5) is 2.48. The minimum Gasteiger partial charge on any atom is -0.302 e. The molecule has 1 rings (SSSR count). The highest BCUT2D eigenvalue weighted by molar-refractivity contribution is 4.88. The van der Waals surface area contributed by atoms with Crippen LogP contribution in [0.3, 0.4) is 0 Å². The zero-order valence-corrected chi connectivity index (χ0v) is 10.0. The van der Waals surface area contributed by atoms with Crippen LogP contribution in [0.5, 0.6) is 0 Å². The van der Waals surface area contributed by atoms with Crippen molar-refractivity contribution >= 4 is 0 Å². The number of hydrogen-bond donors (Lipinski definition) is 0. The number of likely N-dealkylation sites (tertiary alicyclic amines) is 1. The van der Waals surface area contributed by atoms with Crippen molar-refractivity contribution in [3.63, 3.8) is 0 Å². The fraction of sp³-hybridized carbons (Fsp3) is 0.923. The number of unbranched alkanes of at least 4 members (excludes halogenated alkanes) is 4. The van der Waals surface area contributed by atoms with Gasteiger partial charge in [0.2, 0.25) is 0 Å². The Bertz CT molecular complexity index is 195. The topological polar surface area (TPSA) is 27.0 Å². The second-order valence-electron chi connectivity index (χ2n) is 4.68. The van der Waals surface area contributed by atoms with Crippen molar-refractivity contribution in [2.45, 2.75) is 51.9 Å². The van der Waals surface area contributed by atoms with Crippen LogP contribution in [0, 0.1) is 17.2 Å². The van der Waals surface area contributed by atoms with Crippen LogP contribution in [0.25, 0.3) is 0 Å². The first-order valence-electron chi connectivity index (χ1n) is 6.48. The summed E-state index contributed by atoms with van der Waals surface area (Å²) in [7, 11) is 0. The Morgan fingerprint density at radius 3 is 2.80 bits per heavy atom. The second-order valence-corrected chi connectivity index (χ2v) is 4.68. The predicted molar refractivity (Wildman–Crippen MR) is 63.5 cm³/mol. The Kier molecular flexibility index (Phi) is 6.43. The number of piperidine rings is 1. The maximum absolute atomic E-state index is 8.87. The maximum atomic E-state index is 8.87. The average Bonchev–Trinajstić information content (AvgIpc) is 2.29. The third-order valence-corrected chi connectivity index (χ3v) is 3.27. The van der Waals surface area contributed by atoms with Crippen molar-refractivity contribution < 1.29 is 0 Å². The lowest BCUT2D eigenvalue weighted by Crippen LogP contribution is -2.35. The van der Waals surface area contributed by atoms with Gasteiger partial charge in [0.15, 0.2) is 0 Å². The molecule has 0 bridgehead atoms. The largest absolute Gasteiger partial charge is 0.302 e. The molecular weight excluding hydrogens is 184 g/mol. The van der Waals surface area contributed by atoms with Crippen LogP contribution in [-0.4, -0.2) is 24.5 Å². The highest BCUT2D eigenvalue weighted by Gasteiger charge is 2.18. The molecule has 1 aliphatic heterocycles. The second kappa shape index (κ2) is 7.70. The van der Waals surface area contributed by atoms with Crippen molar-refractivity contribution in [3.05, 3.63) is 0 Å². The molecule has 0 aromatic heterocycles. The maximum Gasteiger partial charge on any atom is 0.0669 e. The van der Waals surface area contributed by atoms with Crippen LogP contribution in [0.4, 0.5) is 0 Å². The minimum atomic E-state index is 0.300. The predicted octanol–water partition coefficient (Wildman–Crippen LogP) is 3.19. The van der Waals surface area contributed by atoms with Crippen molar-refractivity contribution in [2.75, 3.05) is 19.6 Å². The van der Waals surface area contributed by atoms with Gasteiger partial charge in [0.1, 0.15) is 0 Å². The van der Waals surface area contributed by atoms with E-state index in [1.807, 2.05) is 0 Å². The van der Waals surface area contributed by atoms with Crippen molar-refractivity contribution in [1.29, 1.82) is 5.26 Å². The summed E-state index contributed by atoms with van der Waals surface area (Å²) >= 11 is 0. The van der Waals surface area contributed by atoms with E-state index in [0.717, 1.165) is 13.0 Å². The van der Waals surface area contributed by atoms with Gasteiger partial charge >= 0.3 is 0 Å². The monoisotopic (exact) mass is 208 g/mol. The highest BCUT2D eigenvalue weighted by Crippen LogP contribution is 2.16. The van der Waals surface area contributed by atoms with Gasteiger partial charge in [-0.05, 0) is 32.4 Å². The zero-order valence-electron chi connectivity index (χ0n) is 10.0. The van der Waals surface area contributed by atoms with E-state index in [0.29, 0.717) is 5.92 Å². The summed E-state index contributed by atoms with van der Waals surface area (Å²) < 4.78 is 0. The van der Waals surface area contributed by atoms with E-state index < -0.39 is 0 Å². The van der Waals surface area contributed by atoms with E-state index in [4.69, 9.17) is 5.26 Å². The summed E-state index contributed by atoms with van der Waals surface area (Å²) in [5.74, 6) is 0.300. The summed E-state index contributed by atoms with van der Waals surface area (Å²) in [6, 6.07) is 2.40. The summed E-state index contributed by atoms with van der Waals surface area (Å²) in [6.07, 6.45) is 9.09. The highest BCUT2D eigenvalue weighted by atomic mass is 15.1.